The highest BCUT2D eigenvalue weighted by Gasteiger charge is 2.22. The summed E-state index contributed by atoms with van der Waals surface area (Å²) < 4.78 is 13.5. The first-order chi connectivity index (χ1) is 23.8. The number of hydrogen-bond donors (Lipinski definition) is 3. The predicted octanol–water partition coefficient (Wildman–Crippen LogP) is 2.93. The lowest BCUT2D eigenvalue weighted by atomic mass is 10.1. The Bertz CT molecular complexity index is 1500. The number of pyridine rings is 1. The van der Waals surface area contributed by atoms with Crippen LogP contribution in [0, 0.1) is 0 Å². The van der Waals surface area contributed by atoms with Crippen molar-refractivity contribution < 1.29 is 23.9 Å². The second kappa shape index (κ2) is 20.1. The van der Waals surface area contributed by atoms with Crippen molar-refractivity contribution in [3.8, 4) is 0 Å². The van der Waals surface area contributed by atoms with Crippen molar-refractivity contribution in [2.75, 3.05) is 78.5 Å². The third kappa shape index (κ3) is 11.4. The molecular weight excluding hydrogens is 624 g/mol. The molecule has 0 spiro atoms. The molecule has 1 aromatic carbocycles. The summed E-state index contributed by atoms with van der Waals surface area (Å²) in [5, 5.41) is 6.97. The number of amides is 2. The Morgan fingerprint density at radius 3 is 2.39 bits per heavy atom. The van der Waals surface area contributed by atoms with Gasteiger partial charge < -0.3 is 35.3 Å². The highest BCUT2D eigenvalue weighted by Crippen LogP contribution is 2.29. The number of nitrogens with zero attached hydrogens (tertiary/aromatic N) is 5. The van der Waals surface area contributed by atoms with Gasteiger partial charge in [0.15, 0.2) is 5.82 Å². The topological polar surface area (TPSA) is 157 Å². The van der Waals surface area contributed by atoms with Crippen LogP contribution in [0.1, 0.15) is 64.6 Å². The Kier molecular flexibility index (Phi) is 15.7. The van der Waals surface area contributed by atoms with E-state index in [1.54, 1.807) is 14.0 Å². The molecule has 3 heterocycles. The number of rotatable bonds is 22. The third-order valence-corrected chi connectivity index (χ3v) is 9.19. The first kappa shape index (κ1) is 38.2. The number of anilines is 1. The zero-order valence-corrected chi connectivity index (χ0v) is 29.7. The van der Waals surface area contributed by atoms with Crippen LogP contribution in [-0.4, -0.2) is 121 Å². The third-order valence-electron chi connectivity index (χ3n) is 9.19. The number of aryl methyl sites for hydroxylation is 1. The maximum atomic E-state index is 12.8. The average molecular weight is 681 g/mol. The lowest BCUT2D eigenvalue weighted by Gasteiger charge is -2.35. The number of ether oxygens (including phenoxy) is 2. The summed E-state index contributed by atoms with van der Waals surface area (Å²) in [5.74, 6) is 1.72. The molecule has 4 rings (SSSR count). The van der Waals surface area contributed by atoms with Crippen molar-refractivity contribution in [3.63, 3.8) is 0 Å². The molecule has 13 nitrogen and oxygen atoms in total. The molecule has 1 unspecified atom stereocenters. The Labute approximate surface area is 290 Å². The van der Waals surface area contributed by atoms with Crippen LogP contribution in [-0.2, 0) is 36.8 Å². The fourth-order valence-electron chi connectivity index (χ4n) is 6.28. The largest absolute Gasteiger partial charge is 0.382 e. The summed E-state index contributed by atoms with van der Waals surface area (Å²) in [7, 11) is 1.79. The Morgan fingerprint density at radius 1 is 0.939 bits per heavy atom. The Morgan fingerprint density at radius 2 is 1.67 bits per heavy atom. The average Bonchev–Trinajstić information content (AvgIpc) is 3.48. The van der Waals surface area contributed by atoms with E-state index in [9.17, 15) is 14.4 Å². The molecule has 2 amide bonds. The summed E-state index contributed by atoms with van der Waals surface area (Å²) in [6.07, 6.45) is 6.16. The molecule has 0 radical (unpaired) electrons. The summed E-state index contributed by atoms with van der Waals surface area (Å²) in [6, 6.07) is 8.00. The quantitative estimate of drug-likeness (QED) is 0.135. The smallest absolute Gasteiger partial charge is 0.224 e. The van der Waals surface area contributed by atoms with Gasteiger partial charge in [0.05, 0.1) is 49.9 Å². The number of nitrogen functional groups attached to an aromatic ring is 1. The van der Waals surface area contributed by atoms with Crippen molar-refractivity contribution in [2.45, 2.75) is 77.8 Å². The fourth-order valence-corrected chi connectivity index (χ4v) is 6.28. The number of aromatic nitrogens is 3. The standard InChI is InChI=1S/C36H56N8O5/c1-4-5-13-31-41-34-35(28-10-6-7-12-30(28)40-36(34)37)44(31)22-19-42-17-20-43(21-18-42)33(47)15-24-49-26-25-48-23-14-32(46)39-16-9-8-11-29(38-3)27(2)45/h6-7,10,12,29,38H,4-5,8-9,11,13-26H2,1-3H3,(H2,37,40)(H,39,46). The molecule has 0 saturated carbocycles. The van der Waals surface area contributed by atoms with E-state index in [-0.39, 0.29) is 23.6 Å². The first-order valence-electron chi connectivity index (χ1n) is 18.0. The van der Waals surface area contributed by atoms with Gasteiger partial charge in [0.25, 0.3) is 0 Å². The molecule has 270 valence electrons. The minimum Gasteiger partial charge on any atom is -0.382 e. The molecule has 0 bridgehead atoms. The zero-order valence-electron chi connectivity index (χ0n) is 29.7. The summed E-state index contributed by atoms with van der Waals surface area (Å²) in [5.41, 5.74) is 9.09. The number of nitrogens with one attached hydrogen (secondary N) is 2. The van der Waals surface area contributed by atoms with E-state index >= 15 is 0 Å². The Balaban J connectivity index is 1.08. The minimum atomic E-state index is -0.114. The number of fused-ring (bicyclic) bond motifs is 3. The summed E-state index contributed by atoms with van der Waals surface area (Å²) in [4.78, 5) is 50.1. The van der Waals surface area contributed by atoms with Gasteiger partial charge in [-0.3, -0.25) is 19.3 Å². The van der Waals surface area contributed by atoms with Gasteiger partial charge in [-0.2, -0.15) is 0 Å². The highest BCUT2D eigenvalue weighted by atomic mass is 16.5. The molecule has 2 aromatic heterocycles. The normalized spacial score (nSPS) is 14.5. The molecule has 0 aliphatic carbocycles. The van der Waals surface area contributed by atoms with Crippen LogP contribution >= 0.6 is 0 Å². The maximum Gasteiger partial charge on any atom is 0.224 e. The minimum absolute atomic E-state index is 0.0494. The van der Waals surface area contributed by atoms with E-state index in [2.05, 4.69) is 38.1 Å². The predicted molar refractivity (Wildman–Crippen MR) is 192 cm³/mol. The second-order valence-corrected chi connectivity index (χ2v) is 12.7. The number of imidazole rings is 1. The van der Waals surface area contributed by atoms with Crippen LogP contribution in [0.25, 0.3) is 21.9 Å². The number of piperazine rings is 1. The number of unbranched alkanes of at least 4 members (excludes halogenated alkanes) is 2. The molecular formula is C36H56N8O5. The van der Waals surface area contributed by atoms with E-state index < -0.39 is 0 Å². The monoisotopic (exact) mass is 680 g/mol. The van der Waals surface area contributed by atoms with Crippen LogP contribution in [0.15, 0.2) is 24.3 Å². The molecule has 49 heavy (non-hydrogen) atoms. The van der Waals surface area contributed by atoms with E-state index in [1.807, 2.05) is 23.1 Å². The lowest BCUT2D eigenvalue weighted by Crippen LogP contribution is -2.49. The highest BCUT2D eigenvalue weighted by molar-refractivity contribution is 6.06. The summed E-state index contributed by atoms with van der Waals surface area (Å²) >= 11 is 0. The Hall–Kier alpha value is -3.65. The van der Waals surface area contributed by atoms with Gasteiger partial charge in [-0.1, -0.05) is 31.5 Å². The molecule has 3 aromatic rings. The molecule has 4 N–H and O–H groups in total. The molecule has 1 atom stereocenters. The van der Waals surface area contributed by atoms with Gasteiger partial charge in [0.1, 0.15) is 17.1 Å². The van der Waals surface area contributed by atoms with Gasteiger partial charge in [0, 0.05) is 64.0 Å². The number of likely N-dealkylation sites (N-methyl/N-ethyl adjacent to an activating group) is 1. The van der Waals surface area contributed by atoms with Gasteiger partial charge in [-0.15, -0.1) is 0 Å². The maximum absolute atomic E-state index is 12.8. The van der Waals surface area contributed by atoms with Crippen LogP contribution in [0.4, 0.5) is 5.82 Å². The number of para-hydroxylation sites is 1. The van der Waals surface area contributed by atoms with Crippen molar-refractivity contribution in [1.29, 1.82) is 0 Å². The molecule has 1 saturated heterocycles. The van der Waals surface area contributed by atoms with Gasteiger partial charge in [-0.25, -0.2) is 9.97 Å². The van der Waals surface area contributed by atoms with Crippen molar-refractivity contribution in [2.24, 2.45) is 0 Å². The van der Waals surface area contributed by atoms with E-state index in [0.29, 0.717) is 64.7 Å². The van der Waals surface area contributed by atoms with E-state index in [1.165, 1.54) is 0 Å². The number of benzene rings is 1. The number of Topliss-reactive ketones (excluding diaryl/α,β-unsaturated/α-hetero) is 1. The fraction of sp³-hybridized carbons (Fsp3) is 0.639. The zero-order chi connectivity index (χ0) is 35.0. The molecule has 1 aliphatic heterocycles. The van der Waals surface area contributed by atoms with Gasteiger partial charge in [0.2, 0.25) is 11.8 Å². The first-order valence-corrected chi connectivity index (χ1v) is 18.0. The van der Waals surface area contributed by atoms with Crippen LogP contribution in [0.5, 0.6) is 0 Å². The number of carbonyl (C=O) groups is 3. The van der Waals surface area contributed by atoms with E-state index in [0.717, 1.165) is 92.5 Å². The molecule has 13 heteroatoms. The van der Waals surface area contributed by atoms with Gasteiger partial charge in [-0.05, 0) is 45.7 Å². The van der Waals surface area contributed by atoms with Crippen molar-refractivity contribution in [3.05, 3.63) is 30.1 Å². The lowest BCUT2D eigenvalue weighted by molar-refractivity contribution is -0.134. The van der Waals surface area contributed by atoms with Crippen molar-refractivity contribution >= 4 is 45.4 Å². The number of hydrogen-bond acceptors (Lipinski definition) is 10. The van der Waals surface area contributed by atoms with Crippen molar-refractivity contribution in [1.82, 2.24) is 35.0 Å². The van der Waals surface area contributed by atoms with Crippen LogP contribution in [0.3, 0.4) is 0 Å². The van der Waals surface area contributed by atoms with Crippen LogP contribution < -0.4 is 16.4 Å². The SMILES string of the molecule is CCCCc1nc2c(N)nc3ccccc3c2n1CCN1CCN(C(=O)CCOCCOCCC(=O)NCCCCC(NC)C(C)=O)CC1. The van der Waals surface area contributed by atoms with Crippen LogP contribution in [0.2, 0.25) is 0 Å². The second-order valence-electron chi connectivity index (χ2n) is 12.7. The number of nitrogens with two attached hydrogens (primary N) is 1. The number of carbonyl (C=O) groups excluding carboxylic acids is 3. The molecule has 1 aliphatic rings. The van der Waals surface area contributed by atoms with E-state index in [4.69, 9.17) is 20.2 Å². The van der Waals surface area contributed by atoms with Gasteiger partial charge >= 0.3 is 0 Å². The number of ketones is 1. The molecule has 1 fully saturated rings. The summed E-state index contributed by atoms with van der Waals surface area (Å²) in [6.45, 7) is 10.5.